The molecule has 1 aromatic heterocycles. The molecule has 0 aliphatic rings. The fourth-order valence-electron chi connectivity index (χ4n) is 1.69. The summed E-state index contributed by atoms with van der Waals surface area (Å²) in [6, 6.07) is 7.20. The maximum absolute atomic E-state index is 9.72. The quantitative estimate of drug-likeness (QED) is 0.677. The van der Waals surface area contributed by atoms with Crippen LogP contribution in [0.15, 0.2) is 35.0 Å². The minimum absolute atomic E-state index is 0.266. The van der Waals surface area contributed by atoms with E-state index in [1.54, 1.807) is 18.3 Å². The van der Waals surface area contributed by atoms with Gasteiger partial charge in [-0.05, 0) is 19.0 Å². The Labute approximate surface area is 106 Å². The fraction of sp³-hybridized carbons (Fsp3) is 0.308. The van der Waals surface area contributed by atoms with Crippen LogP contribution in [0.3, 0.4) is 0 Å². The van der Waals surface area contributed by atoms with Crippen LogP contribution in [-0.2, 0) is 6.42 Å². The number of phenols is 1. The highest BCUT2D eigenvalue weighted by atomic mass is 16.5. The van der Waals surface area contributed by atoms with Crippen molar-refractivity contribution >= 4 is 5.69 Å². The van der Waals surface area contributed by atoms with E-state index in [4.69, 9.17) is 10.3 Å². The van der Waals surface area contributed by atoms with Gasteiger partial charge in [0.1, 0.15) is 5.75 Å². The molecule has 5 heteroatoms. The van der Waals surface area contributed by atoms with Crippen molar-refractivity contribution in [2.24, 2.45) is 5.73 Å². The smallest absolute Gasteiger partial charge is 0.164 e. The van der Waals surface area contributed by atoms with Crippen molar-refractivity contribution in [1.82, 2.24) is 5.16 Å². The Morgan fingerprint density at radius 3 is 2.94 bits per heavy atom. The predicted molar refractivity (Wildman–Crippen MR) is 69.6 cm³/mol. The lowest BCUT2D eigenvalue weighted by molar-refractivity contribution is 0.387. The molecular formula is C13H17N3O2. The van der Waals surface area contributed by atoms with Gasteiger partial charge < -0.3 is 20.7 Å². The molecule has 0 spiro atoms. The van der Waals surface area contributed by atoms with Crippen LogP contribution in [0.4, 0.5) is 5.69 Å². The first-order chi connectivity index (χ1) is 8.81. The van der Waals surface area contributed by atoms with Gasteiger partial charge in [0.05, 0.1) is 11.9 Å². The van der Waals surface area contributed by atoms with Gasteiger partial charge in [-0.15, -0.1) is 0 Å². The molecule has 0 bridgehead atoms. The van der Waals surface area contributed by atoms with Crippen LogP contribution in [0.5, 0.6) is 5.75 Å². The van der Waals surface area contributed by atoms with Crippen LogP contribution >= 0.6 is 0 Å². The van der Waals surface area contributed by atoms with E-state index < -0.39 is 0 Å². The number of nitrogens with one attached hydrogen (secondary N) is 1. The minimum atomic E-state index is 0.266. The number of aromatic hydroxyl groups is 1. The summed E-state index contributed by atoms with van der Waals surface area (Å²) in [6.45, 7) is 1.43. The molecule has 5 nitrogen and oxygen atoms in total. The fourth-order valence-corrected chi connectivity index (χ4v) is 1.69. The summed E-state index contributed by atoms with van der Waals surface area (Å²) in [5.41, 5.74) is 7.11. The highest BCUT2D eigenvalue weighted by Gasteiger charge is 2.10. The Morgan fingerprint density at radius 2 is 2.17 bits per heavy atom. The molecule has 0 saturated carbocycles. The lowest BCUT2D eigenvalue weighted by Crippen LogP contribution is -2.08. The average molecular weight is 247 g/mol. The molecule has 2 aromatic rings. The van der Waals surface area contributed by atoms with Crippen molar-refractivity contribution in [3.05, 3.63) is 41.8 Å². The number of benzene rings is 1. The zero-order valence-electron chi connectivity index (χ0n) is 10.1. The summed E-state index contributed by atoms with van der Waals surface area (Å²) in [5, 5.41) is 16.7. The zero-order valence-corrected chi connectivity index (χ0v) is 10.1. The molecule has 0 atom stereocenters. The molecule has 0 aliphatic heterocycles. The number of rotatable bonds is 6. The highest BCUT2D eigenvalue weighted by Crippen LogP contribution is 2.23. The predicted octanol–water partition coefficient (Wildman–Crippen LogP) is 1.73. The second-order valence-corrected chi connectivity index (χ2v) is 4.04. The lowest BCUT2D eigenvalue weighted by atomic mass is 10.1. The lowest BCUT2D eigenvalue weighted by Gasteiger charge is -2.05. The van der Waals surface area contributed by atoms with E-state index in [2.05, 4.69) is 10.5 Å². The molecule has 0 fully saturated rings. The number of hydrogen-bond acceptors (Lipinski definition) is 5. The van der Waals surface area contributed by atoms with Gasteiger partial charge in [-0.1, -0.05) is 23.4 Å². The molecule has 1 heterocycles. The van der Waals surface area contributed by atoms with Crippen molar-refractivity contribution in [3.8, 4) is 5.75 Å². The largest absolute Gasteiger partial charge is 0.508 e. The van der Waals surface area contributed by atoms with E-state index in [0.717, 1.165) is 24.2 Å². The number of phenolic OH excluding ortho intramolecular Hbond substituents is 1. The van der Waals surface area contributed by atoms with Crippen LogP contribution in [0.2, 0.25) is 0 Å². The van der Waals surface area contributed by atoms with Crippen LogP contribution in [0, 0.1) is 0 Å². The molecule has 96 valence electrons. The monoisotopic (exact) mass is 247 g/mol. The van der Waals surface area contributed by atoms with Gasteiger partial charge in [-0.2, -0.15) is 0 Å². The van der Waals surface area contributed by atoms with Gasteiger partial charge in [0.25, 0.3) is 0 Å². The summed E-state index contributed by atoms with van der Waals surface area (Å²) in [6.07, 6.45) is 3.05. The maximum atomic E-state index is 9.72. The molecule has 1 aromatic carbocycles. The number of aromatic nitrogens is 1. The molecule has 0 aliphatic carbocycles. The van der Waals surface area contributed by atoms with Gasteiger partial charge in [0.15, 0.2) is 5.76 Å². The topological polar surface area (TPSA) is 84.3 Å². The van der Waals surface area contributed by atoms with Crippen LogP contribution < -0.4 is 11.1 Å². The molecule has 0 unspecified atom stereocenters. The van der Waals surface area contributed by atoms with Crippen LogP contribution in [0.25, 0.3) is 0 Å². The molecular weight excluding hydrogens is 230 g/mol. The minimum Gasteiger partial charge on any atom is -0.508 e. The number of hydrogen-bond donors (Lipinski definition) is 3. The third-order valence-corrected chi connectivity index (χ3v) is 2.68. The van der Waals surface area contributed by atoms with Crippen LogP contribution in [0.1, 0.15) is 17.7 Å². The van der Waals surface area contributed by atoms with Gasteiger partial charge in [-0.25, -0.2) is 0 Å². The summed E-state index contributed by atoms with van der Waals surface area (Å²) in [7, 11) is 0. The second-order valence-electron chi connectivity index (χ2n) is 4.04. The third-order valence-electron chi connectivity index (χ3n) is 2.68. The van der Waals surface area contributed by atoms with E-state index in [-0.39, 0.29) is 5.75 Å². The Bertz CT molecular complexity index is 496. The second kappa shape index (κ2) is 6.07. The summed E-state index contributed by atoms with van der Waals surface area (Å²) < 4.78 is 5.20. The first-order valence-corrected chi connectivity index (χ1v) is 5.95. The molecule has 0 amide bonds. The van der Waals surface area contributed by atoms with Crippen molar-refractivity contribution in [3.63, 3.8) is 0 Å². The van der Waals surface area contributed by atoms with Crippen molar-refractivity contribution in [2.75, 3.05) is 18.4 Å². The summed E-state index contributed by atoms with van der Waals surface area (Å²) >= 11 is 0. The van der Waals surface area contributed by atoms with Gasteiger partial charge in [0.2, 0.25) is 0 Å². The number of anilines is 1. The number of para-hydroxylation sites is 1. The first-order valence-electron chi connectivity index (χ1n) is 5.95. The van der Waals surface area contributed by atoms with E-state index >= 15 is 0 Å². The Morgan fingerprint density at radius 1 is 1.33 bits per heavy atom. The normalized spacial score (nSPS) is 10.5. The Balaban J connectivity index is 2.05. The Hall–Kier alpha value is -2.01. The SMILES string of the molecule is NCCCNc1cnoc1Cc1ccccc1O. The zero-order chi connectivity index (χ0) is 12.8. The van der Waals surface area contributed by atoms with Crippen molar-refractivity contribution < 1.29 is 9.63 Å². The summed E-state index contributed by atoms with van der Waals surface area (Å²) in [5.74, 6) is 0.982. The van der Waals surface area contributed by atoms with Crippen molar-refractivity contribution in [1.29, 1.82) is 0 Å². The number of nitrogens with zero attached hydrogens (tertiary/aromatic N) is 1. The first kappa shape index (κ1) is 12.4. The molecule has 2 rings (SSSR count). The highest BCUT2D eigenvalue weighted by molar-refractivity contribution is 5.47. The third kappa shape index (κ3) is 3.01. The summed E-state index contributed by atoms with van der Waals surface area (Å²) in [4.78, 5) is 0. The van der Waals surface area contributed by atoms with Gasteiger partial charge in [-0.3, -0.25) is 0 Å². The Kier molecular flexibility index (Phi) is 4.20. The standard InChI is InChI=1S/C13H17N3O2/c14-6-3-7-15-11-9-16-18-13(11)8-10-4-1-2-5-12(10)17/h1-2,4-5,9,15,17H,3,6-8,14H2. The van der Waals surface area contributed by atoms with E-state index in [9.17, 15) is 5.11 Å². The average Bonchev–Trinajstić information content (AvgIpc) is 2.80. The van der Waals surface area contributed by atoms with E-state index in [1.807, 2.05) is 12.1 Å². The molecule has 4 N–H and O–H groups in total. The molecule has 18 heavy (non-hydrogen) atoms. The van der Waals surface area contributed by atoms with Crippen LogP contribution in [-0.4, -0.2) is 23.4 Å². The van der Waals surface area contributed by atoms with E-state index in [1.165, 1.54) is 0 Å². The van der Waals surface area contributed by atoms with Gasteiger partial charge in [0, 0.05) is 18.5 Å². The van der Waals surface area contributed by atoms with Gasteiger partial charge >= 0.3 is 0 Å². The number of nitrogens with two attached hydrogens (primary N) is 1. The molecule has 0 saturated heterocycles. The van der Waals surface area contributed by atoms with E-state index in [0.29, 0.717) is 18.7 Å². The van der Waals surface area contributed by atoms with Crippen molar-refractivity contribution in [2.45, 2.75) is 12.8 Å². The maximum Gasteiger partial charge on any atom is 0.164 e. The molecule has 0 radical (unpaired) electrons.